The normalized spacial score (nSPS) is 11.1. The van der Waals surface area contributed by atoms with E-state index in [0.29, 0.717) is 16.5 Å². The average Bonchev–Trinajstić information content (AvgIpc) is 3.08. The molecule has 0 unspecified atom stereocenters. The summed E-state index contributed by atoms with van der Waals surface area (Å²) in [6, 6.07) is 13.6. The molecule has 0 aliphatic rings. The van der Waals surface area contributed by atoms with Gasteiger partial charge in [0.25, 0.3) is 0 Å². The number of aromatic nitrogens is 3. The van der Waals surface area contributed by atoms with Crippen molar-refractivity contribution in [1.29, 1.82) is 0 Å². The summed E-state index contributed by atoms with van der Waals surface area (Å²) in [5.41, 5.74) is 3.00. The highest BCUT2D eigenvalue weighted by Crippen LogP contribution is 2.28. The van der Waals surface area contributed by atoms with Crippen LogP contribution < -0.4 is 4.74 Å². The molecule has 0 atom stereocenters. The first-order valence-corrected chi connectivity index (χ1v) is 8.64. The Bertz CT molecular complexity index is 875. The van der Waals surface area contributed by atoms with Crippen molar-refractivity contribution in [3.05, 3.63) is 65.5 Å². The second kappa shape index (κ2) is 7.85. The maximum Gasteiger partial charge on any atom is 0.212 e. The number of hydrogen-bond acceptors (Lipinski definition) is 6. The van der Waals surface area contributed by atoms with Gasteiger partial charge in [-0.3, -0.25) is 0 Å². The fourth-order valence-corrected chi connectivity index (χ4v) is 2.98. The smallest absolute Gasteiger partial charge is 0.212 e. The average molecular weight is 354 g/mol. The molecule has 6 nitrogen and oxygen atoms in total. The van der Waals surface area contributed by atoms with Gasteiger partial charge < -0.3 is 9.84 Å². The molecule has 3 rings (SSSR count). The Morgan fingerprint density at radius 3 is 2.80 bits per heavy atom. The van der Waals surface area contributed by atoms with Crippen molar-refractivity contribution in [2.45, 2.75) is 17.8 Å². The summed E-state index contributed by atoms with van der Waals surface area (Å²) < 4.78 is 6.68. The fourth-order valence-electron chi connectivity index (χ4n) is 2.16. The molecule has 0 radical (unpaired) electrons. The van der Waals surface area contributed by atoms with Gasteiger partial charge in [-0.25, -0.2) is 0 Å². The van der Waals surface area contributed by atoms with E-state index in [9.17, 15) is 5.11 Å². The van der Waals surface area contributed by atoms with Crippen LogP contribution in [0.3, 0.4) is 0 Å². The third-order valence-corrected chi connectivity index (χ3v) is 4.56. The first kappa shape index (κ1) is 17.0. The Kier molecular flexibility index (Phi) is 5.35. The number of phenolic OH excluding ortho intramolecular Hbond substituents is 1. The third kappa shape index (κ3) is 4.19. The van der Waals surface area contributed by atoms with Crippen LogP contribution in [-0.2, 0) is 5.75 Å². The predicted octanol–water partition coefficient (Wildman–Crippen LogP) is 3.48. The lowest BCUT2D eigenvalue weighted by atomic mass is 10.2. The van der Waals surface area contributed by atoms with E-state index in [0.717, 1.165) is 5.75 Å². The molecule has 3 aromatic rings. The van der Waals surface area contributed by atoms with E-state index >= 15 is 0 Å². The lowest BCUT2D eigenvalue weighted by molar-refractivity contribution is 0.373. The molecular weight excluding hydrogens is 336 g/mol. The van der Waals surface area contributed by atoms with Gasteiger partial charge in [0.15, 0.2) is 11.5 Å². The van der Waals surface area contributed by atoms with Crippen LogP contribution >= 0.6 is 11.8 Å². The lowest BCUT2D eigenvalue weighted by Gasteiger charge is -2.05. The maximum atomic E-state index is 10.1. The summed E-state index contributed by atoms with van der Waals surface area (Å²) in [5, 5.41) is 23.1. The summed E-state index contributed by atoms with van der Waals surface area (Å²) in [4.78, 5) is 0. The van der Waals surface area contributed by atoms with E-state index in [-0.39, 0.29) is 5.75 Å². The quantitative estimate of drug-likeness (QED) is 0.542. The molecule has 0 aliphatic carbocycles. The highest BCUT2D eigenvalue weighted by molar-refractivity contribution is 7.98. The van der Waals surface area contributed by atoms with E-state index in [1.54, 1.807) is 40.9 Å². The van der Waals surface area contributed by atoms with Crippen molar-refractivity contribution < 1.29 is 9.84 Å². The van der Waals surface area contributed by atoms with Gasteiger partial charge in [-0.2, -0.15) is 9.78 Å². The predicted molar refractivity (Wildman–Crippen MR) is 98.4 cm³/mol. The van der Waals surface area contributed by atoms with Crippen molar-refractivity contribution in [3.8, 4) is 11.5 Å². The molecule has 7 heteroatoms. The van der Waals surface area contributed by atoms with E-state index in [1.165, 1.54) is 24.6 Å². The van der Waals surface area contributed by atoms with Crippen LogP contribution in [0.1, 0.15) is 16.7 Å². The summed E-state index contributed by atoms with van der Waals surface area (Å²) in [5.74, 6) is 1.23. The van der Waals surface area contributed by atoms with Gasteiger partial charge in [-0.15, -0.1) is 10.2 Å². The molecule has 0 saturated heterocycles. The molecule has 25 heavy (non-hydrogen) atoms. The van der Waals surface area contributed by atoms with Crippen molar-refractivity contribution in [2.24, 2.45) is 5.10 Å². The number of benzene rings is 2. The van der Waals surface area contributed by atoms with Crippen molar-refractivity contribution >= 4 is 18.0 Å². The number of rotatable bonds is 6. The topological polar surface area (TPSA) is 72.5 Å². The zero-order valence-electron chi connectivity index (χ0n) is 14.0. The summed E-state index contributed by atoms with van der Waals surface area (Å²) in [6.45, 7) is 2.07. The summed E-state index contributed by atoms with van der Waals surface area (Å²) in [6.07, 6.45) is 3.09. The SMILES string of the molecule is COc1cccc(/C=N/n2cnnc2SCc2ccc(C)cc2)c1O. The summed E-state index contributed by atoms with van der Waals surface area (Å²) >= 11 is 1.55. The Hall–Kier alpha value is -2.80. The first-order chi connectivity index (χ1) is 12.2. The van der Waals surface area contributed by atoms with Gasteiger partial charge in [0.1, 0.15) is 6.33 Å². The van der Waals surface area contributed by atoms with Crippen LogP contribution in [0.25, 0.3) is 0 Å². The van der Waals surface area contributed by atoms with Crippen LogP contribution in [0.2, 0.25) is 0 Å². The minimum absolute atomic E-state index is 0.0516. The van der Waals surface area contributed by atoms with Crippen LogP contribution in [0.5, 0.6) is 11.5 Å². The zero-order chi connectivity index (χ0) is 17.6. The Balaban J connectivity index is 1.72. The molecule has 1 N–H and O–H groups in total. The number of phenols is 1. The molecule has 0 aliphatic heterocycles. The van der Waals surface area contributed by atoms with E-state index < -0.39 is 0 Å². The molecule has 0 fully saturated rings. The van der Waals surface area contributed by atoms with Gasteiger partial charge in [0, 0.05) is 11.3 Å². The number of para-hydroxylation sites is 1. The Labute approximate surface area is 150 Å². The number of aryl methyl sites for hydroxylation is 1. The summed E-state index contributed by atoms with van der Waals surface area (Å²) in [7, 11) is 1.51. The van der Waals surface area contributed by atoms with Crippen LogP contribution in [0.15, 0.2) is 59.0 Å². The van der Waals surface area contributed by atoms with E-state index in [2.05, 4.69) is 46.5 Å². The molecule has 2 aromatic carbocycles. The fraction of sp³-hybridized carbons (Fsp3) is 0.167. The second-order valence-corrected chi connectivity index (χ2v) is 6.32. The molecule has 0 saturated carbocycles. The number of nitrogens with zero attached hydrogens (tertiary/aromatic N) is 4. The molecule has 0 amide bonds. The van der Waals surface area contributed by atoms with Gasteiger partial charge in [0.2, 0.25) is 5.16 Å². The zero-order valence-corrected chi connectivity index (χ0v) is 14.8. The van der Waals surface area contributed by atoms with Crippen LogP contribution in [0.4, 0.5) is 0 Å². The van der Waals surface area contributed by atoms with Gasteiger partial charge in [-0.05, 0) is 24.6 Å². The molecule has 0 spiro atoms. The minimum atomic E-state index is 0.0516. The Morgan fingerprint density at radius 2 is 2.04 bits per heavy atom. The highest BCUT2D eigenvalue weighted by atomic mass is 32.2. The van der Waals surface area contributed by atoms with Gasteiger partial charge in [-0.1, -0.05) is 47.7 Å². The molecule has 1 heterocycles. The van der Waals surface area contributed by atoms with E-state index in [1.807, 2.05) is 0 Å². The van der Waals surface area contributed by atoms with Crippen LogP contribution in [-0.4, -0.2) is 33.3 Å². The standard InChI is InChI=1S/C18H18N4O2S/c1-13-6-8-14(9-7-13)11-25-18-21-19-12-22(18)20-10-15-4-3-5-16(24-2)17(15)23/h3-10,12,23H,11H2,1-2H3/b20-10+. The molecule has 1 aromatic heterocycles. The van der Waals surface area contributed by atoms with Crippen molar-refractivity contribution in [1.82, 2.24) is 14.9 Å². The van der Waals surface area contributed by atoms with Gasteiger partial charge >= 0.3 is 0 Å². The molecular formula is C18H18N4O2S. The van der Waals surface area contributed by atoms with Gasteiger partial charge in [0.05, 0.1) is 13.3 Å². The molecule has 0 bridgehead atoms. The monoisotopic (exact) mass is 354 g/mol. The largest absolute Gasteiger partial charge is 0.504 e. The van der Waals surface area contributed by atoms with Crippen molar-refractivity contribution in [2.75, 3.05) is 7.11 Å². The number of methoxy groups -OCH3 is 1. The Morgan fingerprint density at radius 1 is 1.24 bits per heavy atom. The lowest BCUT2D eigenvalue weighted by Crippen LogP contribution is -1.94. The number of aromatic hydroxyl groups is 1. The van der Waals surface area contributed by atoms with E-state index in [4.69, 9.17) is 4.74 Å². The number of thioether (sulfide) groups is 1. The molecule has 128 valence electrons. The van der Waals surface area contributed by atoms with Crippen molar-refractivity contribution in [3.63, 3.8) is 0 Å². The highest BCUT2D eigenvalue weighted by Gasteiger charge is 2.07. The second-order valence-electron chi connectivity index (χ2n) is 5.38. The van der Waals surface area contributed by atoms with Crippen LogP contribution in [0, 0.1) is 6.92 Å². The minimum Gasteiger partial charge on any atom is -0.504 e. The third-order valence-electron chi connectivity index (χ3n) is 3.56. The number of ether oxygens (including phenoxy) is 1. The first-order valence-electron chi connectivity index (χ1n) is 7.66. The number of hydrogen-bond donors (Lipinski definition) is 1. The maximum absolute atomic E-state index is 10.1.